The van der Waals surface area contributed by atoms with Crippen LogP contribution in [0.2, 0.25) is 0 Å². The molecule has 2 heteroatoms. The van der Waals surface area contributed by atoms with Gasteiger partial charge in [-0.25, -0.2) is 0 Å². The molecular formula is C15H25NO. The topological polar surface area (TPSA) is 21.3 Å². The first-order valence-corrected chi connectivity index (χ1v) is 7.15. The van der Waals surface area contributed by atoms with E-state index in [0.29, 0.717) is 6.04 Å². The van der Waals surface area contributed by atoms with E-state index in [0.717, 1.165) is 26.0 Å². The maximum atomic E-state index is 6.03. The normalized spacial score (nSPS) is 27.1. The second kappa shape index (κ2) is 6.42. The van der Waals surface area contributed by atoms with Crippen molar-refractivity contribution in [3.05, 3.63) is 0 Å². The van der Waals surface area contributed by atoms with Crippen LogP contribution in [0.1, 0.15) is 57.8 Å². The summed E-state index contributed by atoms with van der Waals surface area (Å²) >= 11 is 0. The summed E-state index contributed by atoms with van der Waals surface area (Å²) in [6.07, 6.45) is 16.2. The smallest absolute Gasteiger partial charge is 0.0697 e. The van der Waals surface area contributed by atoms with Gasteiger partial charge in [0.05, 0.1) is 5.60 Å². The van der Waals surface area contributed by atoms with E-state index in [1.807, 2.05) is 0 Å². The van der Waals surface area contributed by atoms with E-state index in [-0.39, 0.29) is 5.60 Å². The maximum Gasteiger partial charge on any atom is 0.0697 e. The maximum absolute atomic E-state index is 6.03. The minimum Gasteiger partial charge on any atom is -0.375 e. The molecule has 2 nitrogen and oxygen atoms in total. The molecule has 1 unspecified atom stereocenters. The molecule has 1 heterocycles. The minimum absolute atomic E-state index is 0.245. The molecule has 0 bridgehead atoms. The van der Waals surface area contributed by atoms with E-state index in [1.54, 1.807) is 0 Å². The Labute approximate surface area is 105 Å². The molecule has 1 aliphatic carbocycles. The van der Waals surface area contributed by atoms with Crippen LogP contribution in [-0.2, 0) is 4.74 Å². The second-order valence-corrected chi connectivity index (χ2v) is 5.54. The molecule has 0 aromatic rings. The Hall–Kier alpha value is -0.520. The zero-order valence-electron chi connectivity index (χ0n) is 10.8. The van der Waals surface area contributed by atoms with Crippen LogP contribution in [-0.4, -0.2) is 24.8 Å². The van der Waals surface area contributed by atoms with Crippen LogP contribution in [0.5, 0.6) is 0 Å². The lowest BCUT2D eigenvalue weighted by atomic mass is 9.89. The highest BCUT2D eigenvalue weighted by atomic mass is 16.5. The molecule has 2 fully saturated rings. The fourth-order valence-electron chi connectivity index (χ4n) is 3.23. The molecule has 96 valence electrons. The van der Waals surface area contributed by atoms with Gasteiger partial charge in [-0.15, -0.1) is 12.3 Å². The van der Waals surface area contributed by atoms with E-state index in [1.165, 1.54) is 44.9 Å². The fraction of sp³-hybridized carbons (Fsp3) is 0.867. The molecule has 1 atom stereocenters. The molecule has 0 aromatic heterocycles. The van der Waals surface area contributed by atoms with Crippen molar-refractivity contribution < 1.29 is 4.74 Å². The van der Waals surface area contributed by atoms with Crippen LogP contribution >= 0.6 is 0 Å². The summed E-state index contributed by atoms with van der Waals surface area (Å²) in [5, 5.41) is 3.68. The van der Waals surface area contributed by atoms with Gasteiger partial charge in [0.1, 0.15) is 0 Å². The van der Waals surface area contributed by atoms with E-state index in [4.69, 9.17) is 11.2 Å². The predicted octanol–water partition coefficient (Wildman–Crippen LogP) is 2.87. The molecule has 17 heavy (non-hydrogen) atoms. The van der Waals surface area contributed by atoms with Gasteiger partial charge in [0.15, 0.2) is 0 Å². The van der Waals surface area contributed by atoms with Gasteiger partial charge >= 0.3 is 0 Å². The Bertz CT molecular complexity index is 263. The summed E-state index contributed by atoms with van der Waals surface area (Å²) in [5.74, 6) is 2.70. The predicted molar refractivity (Wildman–Crippen MR) is 70.9 cm³/mol. The first kappa shape index (κ1) is 12.9. The zero-order chi connectivity index (χ0) is 12.0. The van der Waals surface area contributed by atoms with Crippen LogP contribution in [0.25, 0.3) is 0 Å². The fourth-order valence-corrected chi connectivity index (χ4v) is 3.23. The van der Waals surface area contributed by atoms with Gasteiger partial charge in [-0.3, -0.25) is 0 Å². The lowest BCUT2D eigenvalue weighted by Gasteiger charge is -2.38. The van der Waals surface area contributed by atoms with E-state index in [9.17, 15) is 0 Å². The highest BCUT2D eigenvalue weighted by Gasteiger charge is 2.39. The highest BCUT2D eigenvalue weighted by molar-refractivity contribution is 4.93. The van der Waals surface area contributed by atoms with Crippen molar-refractivity contribution in [3.8, 4) is 12.3 Å². The molecule has 1 spiro atoms. The summed E-state index contributed by atoms with van der Waals surface area (Å²) < 4.78 is 6.03. The van der Waals surface area contributed by atoms with Crippen molar-refractivity contribution >= 4 is 0 Å². The summed E-state index contributed by atoms with van der Waals surface area (Å²) in [6, 6.07) is 0.674. The lowest BCUT2D eigenvalue weighted by molar-refractivity contribution is -0.0835. The number of unbranched alkanes of at least 4 members (excludes halogenated alkanes) is 2. The molecule has 0 radical (unpaired) electrons. The number of terminal acetylenes is 1. The van der Waals surface area contributed by atoms with Crippen molar-refractivity contribution in [1.82, 2.24) is 5.32 Å². The summed E-state index contributed by atoms with van der Waals surface area (Å²) in [7, 11) is 0. The van der Waals surface area contributed by atoms with Gasteiger partial charge in [-0.1, -0.05) is 12.8 Å². The quantitative estimate of drug-likeness (QED) is 0.584. The summed E-state index contributed by atoms with van der Waals surface area (Å²) in [5.41, 5.74) is 0.245. The van der Waals surface area contributed by atoms with Gasteiger partial charge < -0.3 is 10.1 Å². The van der Waals surface area contributed by atoms with Crippen LogP contribution in [0.4, 0.5) is 0 Å². The Morgan fingerprint density at radius 2 is 2.12 bits per heavy atom. The van der Waals surface area contributed by atoms with E-state index < -0.39 is 0 Å². The monoisotopic (exact) mass is 235 g/mol. The first-order valence-electron chi connectivity index (χ1n) is 7.15. The van der Waals surface area contributed by atoms with E-state index >= 15 is 0 Å². The van der Waals surface area contributed by atoms with Gasteiger partial charge in [0.2, 0.25) is 0 Å². The molecule has 1 N–H and O–H groups in total. The molecule has 2 rings (SSSR count). The molecule has 0 amide bonds. The van der Waals surface area contributed by atoms with Crippen LogP contribution in [0, 0.1) is 12.3 Å². The molecule has 2 aliphatic rings. The van der Waals surface area contributed by atoms with Gasteiger partial charge in [0, 0.05) is 19.1 Å². The van der Waals surface area contributed by atoms with E-state index in [2.05, 4.69) is 11.2 Å². The SMILES string of the molecule is C#CCCCCNC1CCOC2(CCCC2)C1. The van der Waals surface area contributed by atoms with Crippen molar-refractivity contribution in [2.24, 2.45) is 0 Å². The number of ether oxygens (including phenoxy) is 1. The zero-order valence-corrected chi connectivity index (χ0v) is 10.8. The van der Waals surface area contributed by atoms with Crippen molar-refractivity contribution in [2.75, 3.05) is 13.2 Å². The third kappa shape index (κ3) is 3.72. The molecule has 1 saturated heterocycles. The standard InChI is InChI=1S/C15H25NO/c1-2-3-4-7-11-16-14-8-12-17-15(13-14)9-5-6-10-15/h1,14,16H,3-13H2. The third-order valence-electron chi connectivity index (χ3n) is 4.19. The molecule has 1 aliphatic heterocycles. The van der Waals surface area contributed by atoms with Crippen LogP contribution in [0.15, 0.2) is 0 Å². The Kier molecular flexibility index (Phi) is 4.88. The van der Waals surface area contributed by atoms with Crippen LogP contribution in [0.3, 0.4) is 0 Å². The average Bonchev–Trinajstić information content (AvgIpc) is 2.77. The average molecular weight is 235 g/mol. The Morgan fingerprint density at radius 3 is 2.88 bits per heavy atom. The number of nitrogens with one attached hydrogen (secondary N) is 1. The molecule has 0 aromatic carbocycles. The minimum atomic E-state index is 0.245. The number of hydrogen-bond acceptors (Lipinski definition) is 2. The largest absolute Gasteiger partial charge is 0.375 e. The molecular weight excluding hydrogens is 210 g/mol. The Morgan fingerprint density at radius 1 is 1.29 bits per heavy atom. The van der Waals surface area contributed by atoms with Crippen molar-refractivity contribution in [2.45, 2.75) is 69.4 Å². The van der Waals surface area contributed by atoms with Crippen molar-refractivity contribution in [1.29, 1.82) is 0 Å². The third-order valence-corrected chi connectivity index (χ3v) is 4.19. The number of rotatable bonds is 5. The highest BCUT2D eigenvalue weighted by Crippen LogP contribution is 2.39. The van der Waals surface area contributed by atoms with Gasteiger partial charge in [-0.05, 0) is 45.1 Å². The van der Waals surface area contributed by atoms with Crippen LogP contribution < -0.4 is 5.32 Å². The summed E-state index contributed by atoms with van der Waals surface area (Å²) in [6.45, 7) is 2.06. The Balaban J connectivity index is 1.65. The second-order valence-electron chi connectivity index (χ2n) is 5.54. The molecule has 1 saturated carbocycles. The first-order chi connectivity index (χ1) is 8.35. The van der Waals surface area contributed by atoms with Crippen molar-refractivity contribution in [3.63, 3.8) is 0 Å². The van der Waals surface area contributed by atoms with Gasteiger partial charge in [0.25, 0.3) is 0 Å². The lowest BCUT2D eigenvalue weighted by Crippen LogP contribution is -2.45. The number of hydrogen-bond donors (Lipinski definition) is 1. The summed E-state index contributed by atoms with van der Waals surface area (Å²) in [4.78, 5) is 0. The van der Waals surface area contributed by atoms with Gasteiger partial charge in [-0.2, -0.15) is 0 Å².